The number of fused-ring (bicyclic) bond motifs is 1. The van der Waals surface area contributed by atoms with Gasteiger partial charge in [-0.15, -0.1) is 0 Å². The highest BCUT2D eigenvalue weighted by Gasteiger charge is 2.61. The highest BCUT2D eigenvalue weighted by molar-refractivity contribution is 6.30. The smallest absolute Gasteiger partial charge is 0.433 e. The van der Waals surface area contributed by atoms with Crippen LogP contribution in [0, 0.1) is 17.8 Å². The summed E-state index contributed by atoms with van der Waals surface area (Å²) in [5, 5.41) is 3.19. The van der Waals surface area contributed by atoms with Gasteiger partial charge in [-0.25, -0.2) is 0 Å². The number of hydrogen-bond donors (Lipinski definition) is 1. The molecule has 4 nitrogen and oxygen atoms in total. The second-order valence-corrected chi connectivity index (χ2v) is 7.61. The molecule has 2 aliphatic rings. The third-order valence-electron chi connectivity index (χ3n) is 5.08. The van der Waals surface area contributed by atoms with Crippen LogP contribution in [0.1, 0.15) is 30.2 Å². The molecule has 1 aliphatic carbocycles. The molecule has 0 aromatic heterocycles. The van der Waals surface area contributed by atoms with Crippen LogP contribution >= 0.6 is 11.6 Å². The molecule has 0 saturated heterocycles. The quantitative estimate of drug-likeness (QED) is 0.628. The van der Waals surface area contributed by atoms with E-state index in [0.29, 0.717) is 17.1 Å². The van der Waals surface area contributed by atoms with Crippen molar-refractivity contribution in [3.8, 4) is 23.3 Å². The zero-order chi connectivity index (χ0) is 21.5. The van der Waals surface area contributed by atoms with Crippen LogP contribution in [0.3, 0.4) is 0 Å². The fourth-order valence-electron chi connectivity index (χ4n) is 3.33. The molecule has 2 aromatic rings. The third-order valence-corrected chi connectivity index (χ3v) is 5.32. The lowest BCUT2D eigenvalue weighted by Crippen LogP contribution is -2.48. The first kappa shape index (κ1) is 20.7. The van der Waals surface area contributed by atoms with Gasteiger partial charge in [0.1, 0.15) is 0 Å². The molecule has 0 radical (unpaired) electrons. The van der Waals surface area contributed by atoms with Crippen molar-refractivity contribution in [1.29, 1.82) is 0 Å². The van der Waals surface area contributed by atoms with Crippen LogP contribution in [0.2, 0.25) is 5.02 Å². The largest absolute Gasteiger partial charge is 0.493 e. The zero-order valence-electron chi connectivity index (χ0n) is 16.3. The number of anilines is 1. The lowest BCUT2D eigenvalue weighted by atomic mass is 9.89. The zero-order valence-corrected chi connectivity index (χ0v) is 17.0. The van der Waals surface area contributed by atoms with Gasteiger partial charge in [0.2, 0.25) is 0 Å². The molecule has 158 valence electrons. The first-order valence-electron chi connectivity index (χ1n) is 9.33. The molecule has 1 aliphatic heterocycles. The number of benzene rings is 2. The van der Waals surface area contributed by atoms with Gasteiger partial charge in [0.15, 0.2) is 17.7 Å². The van der Waals surface area contributed by atoms with Gasteiger partial charge in [0, 0.05) is 27.8 Å². The SMILES string of the molecule is COc1ccc(C2Nc3ccc(Cl)cc3[C@@](C#CC3CC3)(C(F)(F)F)O2)cc1OC. The van der Waals surface area contributed by atoms with Crippen LogP contribution in [-0.4, -0.2) is 20.4 Å². The lowest BCUT2D eigenvalue weighted by molar-refractivity contribution is -0.273. The van der Waals surface area contributed by atoms with Crippen LogP contribution in [0.25, 0.3) is 0 Å². The summed E-state index contributed by atoms with van der Waals surface area (Å²) in [7, 11) is 2.93. The first-order chi connectivity index (χ1) is 14.3. The van der Waals surface area contributed by atoms with E-state index in [-0.39, 0.29) is 22.2 Å². The van der Waals surface area contributed by atoms with Crippen molar-refractivity contribution in [2.45, 2.75) is 30.8 Å². The average Bonchev–Trinajstić information content (AvgIpc) is 3.55. The fourth-order valence-corrected chi connectivity index (χ4v) is 3.50. The van der Waals surface area contributed by atoms with Gasteiger partial charge >= 0.3 is 6.18 Å². The van der Waals surface area contributed by atoms with Gasteiger partial charge in [-0.05, 0) is 43.2 Å². The van der Waals surface area contributed by atoms with E-state index in [2.05, 4.69) is 17.2 Å². The molecule has 30 heavy (non-hydrogen) atoms. The Morgan fingerprint density at radius 2 is 1.83 bits per heavy atom. The normalized spacial score (nSPS) is 22.9. The summed E-state index contributed by atoms with van der Waals surface area (Å²) in [4.78, 5) is 0. The Balaban J connectivity index is 1.86. The van der Waals surface area contributed by atoms with Gasteiger partial charge in [0.05, 0.1) is 14.2 Å². The molecule has 1 saturated carbocycles. The van der Waals surface area contributed by atoms with Gasteiger partial charge in [-0.2, -0.15) is 13.2 Å². The van der Waals surface area contributed by atoms with Gasteiger partial charge < -0.3 is 19.5 Å². The Bertz CT molecular complexity index is 1030. The van der Waals surface area contributed by atoms with Crippen LogP contribution in [0.4, 0.5) is 18.9 Å². The number of rotatable bonds is 3. The summed E-state index contributed by atoms with van der Waals surface area (Å²) in [6.45, 7) is 0. The predicted octanol–water partition coefficient (Wildman–Crippen LogP) is 5.67. The minimum absolute atomic E-state index is 0.0372. The molecule has 1 N–H and O–H groups in total. The molecular weight excluding hydrogens is 419 g/mol. The summed E-state index contributed by atoms with van der Waals surface area (Å²) >= 11 is 6.03. The number of ether oxygens (including phenoxy) is 3. The molecule has 0 amide bonds. The standard InChI is InChI=1S/C22H19ClF3NO3/c1-28-18-8-5-14(11-19(18)29-2)20-27-17-7-6-15(23)12-16(17)21(30-20,22(24,25)26)10-9-13-3-4-13/h5-8,11-13,20,27H,3-4H2,1-2H3/t20?,21-/m0/s1. The van der Waals surface area contributed by atoms with E-state index >= 15 is 0 Å². The Kier molecular flexibility index (Phi) is 5.25. The molecule has 2 aromatic carbocycles. The van der Waals surface area contributed by atoms with E-state index in [1.165, 1.54) is 32.4 Å². The van der Waals surface area contributed by atoms with Crippen molar-refractivity contribution >= 4 is 17.3 Å². The van der Waals surface area contributed by atoms with E-state index in [4.69, 9.17) is 25.8 Å². The van der Waals surface area contributed by atoms with Crippen molar-refractivity contribution in [2.24, 2.45) is 5.92 Å². The minimum Gasteiger partial charge on any atom is -0.493 e. The summed E-state index contributed by atoms with van der Waals surface area (Å²) in [5.41, 5.74) is -2.26. The second-order valence-electron chi connectivity index (χ2n) is 7.17. The van der Waals surface area contributed by atoms with Gasteiger partial charge in [-0.1, -0.05) is 29.5 Å². The number of alkyl halides is 3. The molecule has 1 fully saturated rings. The maximum Gasteiger partial charge on any atom is 0.433 e. The van der Waals surface area contributed by atoms with E-state index in [9.17, 15) is 13.2 Å². The van der Waals surface area contributed by atoms with Gasteiger partial charge in [-0.3, -0.25) is 0 Å². The number of hydrogen-bond acceptors (Lipinski definition) is 4. The van der Waals surface area contributed by atoms with Crippen LogP contribution < -0.4 is 14.8 Å². The summed E-state index contributed by atoms with van der Waals surface area (Å²) in [6, 6.07) is 9.10. The maximum absolute atomic E-state index is 14.5. The van der Waals surface area contributed by atoms with Crippen LogP contribution in [-0.2, 0) is 10.3 Å². The van der Waals surface area contributed by atoms with Crippen molar-refractivity contribution < 1.29 is 27.4 Å². The Hall–Kier alpha value is -2.56. The first-order valence-corrected chi connectivity index (χ1v) is 9.71. The van der Waals surface area contributed by atoms with Gasteiger partial charge in [0.25, 0.3) is 5.60 Å². The highest BCUT2D eigenvalue weighted by atomic mass is 35.5. The number of halogens is 4. The molecule has 8 heteroatoms. The second kappa shape index (κ2) is 7.60. The molecule has 2 atom stereocenters. The Labute approximate surface area is 177 Å². The van der Waals surface area contributed by atoms with Crippen molar-refractivity contribution in [3.63, 3.8) is 0 Å². The third kappa shape index (κ3) is 3.66. The number of nitrogens with one attached hydrogen (secondary N) is 1. The minimum atomic E-state index is -4.79. The predicted molar refractivity (Wildman–Crippen MR) is 107 cm³/mol. The number of methoxy groups -OCH3 is 2. The van der Waals surface area contributed by atoms with Crippen LogP contribution in [0.15, 0.2) is 36.4 Å². The Morgan fingerprint density at radius 1 is 1.10 bits per heavy atom. The van der Waals surface area contributed by atoms with E-state index in [0.717, 1.165) is 12.8 Å². The fraction of sp³-hybridized carbons (Fsp3) is 0.364. The molecule has 0 spiro atoms. The summed E-state index contributed by atoms with van der Waals surface area (Å²) in [5.74, 6) is 5.96. The molecule has 1 unspecified atom stereocenters. The summed E-state index contributed by atoms with van der Waals surface area (Å²) in [6.07, 6.45) is -4.32. The summed E-state index contributed by atoms with van der Waals surface area (Å²) < 4.78 is 59.7. The molecule has 0 bridgehead atoms. The molecule has 4 rings (SSSR count). The van der Waals surface area contributed by atoms with Crippen molar-refractivity contribution in [2.75, 3.05) is 19.5 Å². The Morgan fingerprint density at radius 3 is 2.47 bits per heavy atom. The van der Waals surface area contributed by atoms with E-state index in [1.54, 1.807) is 18.2 Å². The highest BCUT2D eigenvalue weighted by Crippen LogP contribution is 2.52. The maximum atomic E-state index is 14.5. The monoisotopic (exact) mass is 437 g/mol. The van der Waals surface area contributed by atoms with Crippen LogP contribution in [0.5, 0.6) is 11.5 Å². The van der Waals surface area contributed by atoms with Crippen molar-refractivity contribution in [3.05, 3.63) is 52.5 Å². The van der Waals surface area contributed by atoms with Crippen molar-refractivity contribution in [1.82, 2.24) is 0 Å². The topological polar surface area (TPSA) is 39.7 Å². The molecule has 1 heterocycles. The molecular formula is C22H19ClF3NO3. The van der Waals surface area contributed by atoms with E-state index in [1.807, 2.05) is 0 Å². The van der Waals surface area contributed by atoms with E-state index < -0.39 is 18.0 Å². The average molecular weight is 438 g/mol. The lowest BCUT2D eigenvalue weighted by Gasteiger charge is -2.41.